The van der Waals surface area contributed by atoms with E-state index in [9.17, 15) is 0 Å². The van der Waals surface area contributed by atoms with Gasteiger partial charge in [-0.1, -0.05) is 18.6 Å². The Morgan fingerprint density at radius 2 is 1.50 bits per heavy atom. The summed E-state index contributed by atoms with van der Waals surface area (Å²) in [5.41, 5.74) is 5.56. The summed E-state index contributed by atoms with van der Waals surface area (Å²) in [5, 5.41) is 0. The van der Waals surface area contributed by atoms with E-state index in [1.54, 1.807) is 14.2 Å². The number of rotatable bonds is 7. The summed E-state index contributed by atoms with van der Waals surface area (Å²) in [4.78, 5) is 2.50. The van der Waals surface area contributed by atoms with Gasteiger partial charge in [-0.15, -0.1) is 0 Å². The summed E-state index contributed by atoms with van der Waals surface area (Å²) in [5.74, 6) is 4.14. The van der Waals surface area contributed by atoms with Crippen LogP contribution in [0, 0.1) is 0 Å². The van der Waals surface area contributed by atoms with Gasteiger partial charge in [0.25, 0.3) is 0 Å². The van der Waals surface area contributed by atoms with Crippen LogP contribution in [-0.4, -0.2) is 52.0 Å². The molecule has 0 saturated carbocycles. The molecule has 0 spiro atoms. The third-order valence-electron chi connectivity index (χ3n) is 7.80. The van der Waals surface area contributed by atoms with Crippen LogP contribution in [0.1, 0.15) is 48.5 Å². The molecule has 1 unspecified atom stereocenters. The number of hydrogen-bond donors (Lipinski definition) is 0. The topological polar surface area (TPSA) is 49.4 Å². The molecule has 3 aliphatic rings. The first-order chi connectivity index (χ1) is 18.7. The van der Waals surface area contributed by atoms with Crippen LogP contribution in [0.5, 0.6) is 28.7 Å². The Kier molecular flexibility index (Phi) is 7.14. The van der Waals surface area contributed by atoms with Gasteiger partial charge in [0.05, 0.1) is 14.2 Å². The molecule has 1 atom stereocenters. The Morgan fingerprint density at radius 3 is 2.29 bits per heavy atom. The largest absolute Gasteiger partial charge is 0.497 e. The number of methoxy groups -OCH3 is 2. The smallest absolute Gasteiger partial charge is 0.131 e. The molecule has 1 saturated heterocycles. The van der Waals surface area contributed by atoms with Crippen molar-refractivity contribution in [1.82, 2.24) is 4.90 Å². The highest BCUT2D eigenvalue weighted by Gasteiger charge is 2.31. The Balaban J connectivity index is 1.28. The third-order valence-corrected chi connectivity index (χ3v) is 7.80. The van der Waals surface area contributed by atoms with E-state index in [1.165, 1.54) is 37.9 Å². The summed E-state index contributed by atoms with van der Waals surface area (Å²) in [7, 11) is 3.37. The zero-order valence-corrected chi connectivity index (χ0v) is 22.2. The molecule has 6 rings (SSSR count). The molecule has 0 aromatic heterocycles. The molecule has 3 aromatic carbocycles. The van der Waals surface area contributed by atoms with E-state index >= 15 is 0 Å². The third kappa shape index (κ3) is 5.05. The van der Waals surface area contributed by atoms with Crippen LogP contribution >= 0.6 is 0 Å². The SMILES string of the molecule is COc1ccc2c(c1)OC(c1ccc(OCCN3CCCCC3)cc1)CC1=C2COc2ccc(OC)cc21. The molecule has 3 aliphatic heterocycles. The number of ether oxygens (including phenoxy) is 5. The van der Waals surface area contributed by atoms with Gasteiger partial charge >= 0.3 is 0 Å². The van der Waals surface area contributed by atoms with Crippen LogP contribution in [-0.2, 0) is 0 Å². The second-order valence-electron chi connectivity index (χ2n) is 10.1. The van der Waals surface area contributed by atoms with Crippen LogP contribution in [0.4, 0.5) is 0 Å². The van der Waals surface area contributed by atoms with Crippen LogP contribution in [0.15, 0.2) is 60.7 Å². The van der Waals surface area contributed by atoms with Crippen LogP contribution in [0.2, 0.25) is 0 Å². The monoisotopic (exact) mass is 513 g/mol. The van der Waals surface area contributed by atoms with E-state index in [1.807, 2.05) is 24.3 Å². The molecule has 6 heteroatoms. The highest BCUT2D eigenvalue weighted by atomic mass is 16.5. The van der Waals surface area contributed by atoms with Crippen molar-refractivity contribution in [3.05, 3.63) is 77.4 Å². The first-order valence-electron chi connectivity index (χ1n) is 13.6. The summed E-state index contributed by atoms with van der Waals surface area (Å²) in [6.45, 7) is 4.56. The molecule has 0 bridgehead atoms. The fourth-order valence-electron chi connectivity index (χ4n) is 5.67. The standard InChI is InChI=1S/C32H35NO5/c1-34-24-11-13-30-28(18-24)27-20-31(38-32-19-25(35-2)10-12-26(32)29(27)21-37-30)22-6-8-23(9-7-22)36-17-16-33-14-4-3-5-15-33/h6-13,18-19,31H,3-5,14-17,20-21H2,1-2H3. The van der Waals surface area contributed by atoms with Crippen LogP contribution in [0.25, 0.3) is 11.1 Å². The van der Waals surface area contributed by atoms with E-state index in [0.717, 1.165) is 57.6 Å². The van der Waals surface area contributed by atoms with Gasteiger partial charge in [-0.2, -0.15) is 0 Å². The first-order valence-corrected chi connectivity index (χ1v) is 13.6. The zero-order chi connectivity index (χ0) is 25.9. The van der Waals surface area contributed by atoms with Crippen molar-refractivity contribution in [3.8, 4) is 28.7 Å². The fraction of sp³-hybridized carbons (Fsp3) is 0.375. The molecule has 0 N–H and O–H groups in total. The average Bonchev–Trinajstić information content (AvgIpc) is 3.14. The second kappa shape index (κ2) is 11.0. The maximum Gasteiger partial charge on any atom is 0.131 e. The lowest BCUT2D eigenvalue weighted by molar-refractivity contribution is 0.183. The van der Waals surface area contributed by atoms with E-state index in [-0.39, 0.29) is 6.10 Å². The molecule has 6 nitrogen and oxygen atoms in total. The van der Waals surface area contributed by atoms with Crippen molar-refractivity contribution in [2.45, 2.75) is 31.8 Å². The Labute approximate surface area is 224 Å². The molecular weight excluding hydrogens is 478 g/mol. The van der Waals surface area contributed by atoms with E-state index < -0.39 is 0 Å². The normalized spacial score (nSPS) is 18.7. The van der Waals surface area contributed by atoms with Gasteiger partial charge in [0.1, 0.15) is 48.1 Å². The van der Waals surface area contributed by atoms with Gasteiger partial charge in [0, 0.05) is 35.7 Å². The van der Waals surface area contributed by atoms with Crippen molar-refractivity contribution < 1.29 is 23.7 Å². The number of fused-ring (bicyclic) bond motifs is 4. The van der Waals surface area contributed by atoms with Crippen LogP contribution in [0.3, 0.4) is 0 Å². The molecule has 0 aliphatic carbocycles. The lowest BCUT2D eigenvalue weighted by Gasteiger charge is -2.26. The van der Waals surface area contributed by atoms with Gasteiger partial charge in [0.15, 0.2) is 0 Å². The molecule has 1 fully saturated rings. The minimum atomic E-state index is -0.173. The highest BCUT2D eigenvalue weighted by molar-refractivity contribution is 5.97. The minimum Gasteiger partial charge on any atom is -0.497 e. The van der Waals surface area contributed by atoms with E-state index in [2.05, 4.69) is 41.3 Å². The maximum absolute atomic E-state index is 6.69. The van der Waals surface area contributed by atoms with Crippen molar-refractivity contribution in [2.75, 3.05) is 47.1 Å². The summed E-state index contributed by atoms with van der Waals surface area (Å²) in [6, 6.07) is 20.4. The molecule has 3 heterocycles. The lowest BCUT2D eigenvalue weighted by Crippen LogP contribution is -2.33. The van der Waals surface area contributed by atoms with Gasteiger partial charge < -0.3 is 23.7 Å². The number of likely N-dealkylation sites (tertiary alicyclic amines) is 1. The number of piperidine rings is 1. The molecular formula is C32H35NO5. The molecule has 0 radical (unpaired) electrons. The van der Waals surface area contributed by atoms with Crippen molar-refractivity contribution in [2.24, 2.45) is 0 Å². The van der Waals surface area contributed by atoms with Gasteiger partial charge in [-0.3, -0.25) is 4.90 Å². The van der Waals surface area contributed by atoms with Crippen LogP contribution < -0.4 is 23.7 Å². The lowest BCUT2D eigenvalue weighted by atomic mass is 9.88. The zero-order valence-electron chi connectivity index (χ0n) is 22.2. The Hall–Kier alpha value is -3.64. The summed E-state index contributed by atoms with van der Waals surface area (Å²) >= 11 is 0. The number of hydrogen-bond acceptors (Lipinski definition) is 6. The van der Waals surface area contributed by atoms with E-state index in [4.69, 9.17) is 23.7 Å². The fourth-order valence-corrected chi connectivity index (χ4v) is 5.67. The average molecular weight is 514 g/mol. The maximum atomic E-state index is 6.69. The summed E-state index contributed by atoms with van der Waals surface area (Å²) < 4.78 is 30.0. The first kappa shape index (κ1) is 24.7. The Bertz CT molecular complexity index is 1310. The van der Waals surface area contributed by atoms with Gasteiger partial charge in [-0.05, 0) is 79.5 Å². The number of benzene rings is 3. The highest BCUT2D eigenvalue weighted by Crippen LogP contribution is 2.49. The second-order valence-corrected chi connectivity index (χ2v) is 10.1. The molecule has 0 amide bonds. The van der Waals surface area contributed by atoms with Crippen molar-refractivity contribution >= 4 is 11.1 Å². The van der Waals surface area contributed by atoms with Gasteiger partial charge in [0.2, 0.25) is 0 Å². The Morgan fingerprint density at radius 1 is 0.763 bits per heavy atom. The molecule has 3 aromatic rings. The van der Waals surface area contributed by atoms with Gasteiger partial charge in [-0.25, -0.2) is 0 Å². The quantitative estimate of drug-likeness (QED) is 0.365. The molecule has 38 heavy (non-hydrogen) atoms. The predicted octanol–water partition coefficient (Wildman–Crippen LogP) is 6.40. The minimum absolute atomic E-state index is 0.173. The molecule has 198 valence electrons. The van der Waals surface area contributed by atoms with Crippen molar-refractivity contribution in [3.63, 3.8) is 0 Å². The summed E-state index contributed by atoms with van der Waals surface area (Å²) in [6.07, 6.45) is 4.49. The number of nitrogens with zero attached hydrogens (tertiary/aromatic N) is 1. The van der Waals surface area contributed by atoms with Crippen molar-refractivity contribution in [1.29, 1.82) is 0 Å². The predicted molar refractivity (Wildman–Crippen MR) is 149 cm³/mol. The van der Waals surface area contributed by atoms with E-state index in [0.29, 0.717) is 19.6 Å².